The largest absolute Gasteiger partial charge is 0.497 e. The smallest absolute Gasteiger partial charge is 0.260 e. The van der Waals surface area contributed by atoms with Gasteiger partial charge in [0.2, 0.25) is 0 Å². The summed E-state index contributed by atoms with van der Waals surface area (Å²) < 4.78 is 5.12. The lowest BCUT2D eigenvalue weighted by Gasteiger charge is -2.50. The number of anilines is 1. The minimum atomic E-state index is -1.58. The van der Waals surface area contributed by atoms with E-state index in [9.17, 15) is 9.90 Å². The van der Waals surface area contributed by atoms with E-state index in [-0.39, 0.29) is 5.91 Å². The standard InChI is InChI=1S/C16H21NO3Si/c1-16(10-11-21(3,4)5)14(18)15(19)17(16)12-6-8-13(20-2)9-7-12/h6-9,14,18H,1-5H3/t14-,16+/m0/s1. The lowest BCUT2D eigenvalue weighted by molar-refractivity contribution is -0.139. The van der Waals surface area contributed by atoms with Crippen molar-refractivity contribution < 1.29 is 14.6 Å². The molecule has 0 unspecified atom stereocenters. The number of hydrogen-bond donors (Lipinski definition) is 1. The first-order chi connectivity index (χ1) is 9.69. The van der Waals surface area contributed by atoms with E-state index >= 15 is 0 Å². The predicted molar refractivity (Wildman–Crippen MR) is 86.0 cm³/mol. The van der Waals surface area contributed by atoms with Crippen molar-refractivity contribution in [3.05, 3.63) is 24.3 Å². The van der Waals surface area contributed by atoms with Crippen LogP contribution < -0.4 is 9.64 Å². The Morgan fingerprint density at radius 2 is 1.86 bits per heavy atom. The van der Waals surface area contributed by atoms with E-state index in [4.69, 9.17) is 4.74 Å². The molecule has 2 rings (SSSR count). The average molecular weight is 303 g/mol. The fourth-order valence-electron chi connectivity index (χ4n) is 2.21. The molecule has 0 aliphatic carbocycles. The Hall–Kier alpha value is -1.77. The third-order valence-electron chi connectivity index (χ3n) is 3.47. The van der Waals surface area contributed by atoms with Crippen LogP contribution in [0.4, 0.5) is 5.69 Å². The maximum Gasteiger partial charge on any atom is 0.260 e. The van der Waals surface area contributed by atoms with Gasteiger partial charge in [-0.3, -0.25) is 9.69 Å². The van der Waals surface area contributed by atoms with Gasteiger partial charge in [-0.1, -0.05) is 25.6 Å². The molecule has 1 heterocycles. The Balaban J connectivity index is 2.36. The number of β-lactam (4-membered cyclic amide) rings is 1. The van der Waals surface area contributed by atoms with Gasteiger partial charge in [0.15, 0.2) is 6.10 Å². The zero-order valence-corrected chi connectivity index (χ0v) is 14.1. The maximum absolute atomic E-state index is 12.0. The Bertz CT molecular complexity index is 609. The molecule has 0 aromatic heterocycles. The van der Waals surface area contributed by atoms with Gasteiger partial charge in [0, 0.05) is 5.69 Å². The molecule has 1 aliphatic heterocycles. The number of hydrogen-bond acceptors (Lipinski definition) is 3. The van der Waals surface area contributed by atoms with Crippen molar-refractivity contribution in [2.24, 2.45) is 0 Å². The van der Waals surface area contributed by atoms with Crippen LogP contribution in [0.15, 0.2) is 24.3 Å². The topological polar surface area (TPSA) is 49.8 Å². The minimum absolute atomic E-state index is 0.312. The predicted octanol–water partition coefficient (Wildman–Crippen LogP) is 2.04. The zero-order valence-electron chi connectivity index (χ0n) is 13.1. The van der Waals surface area contributed by atoms with Crippen molar-refractivity contribution in [3.63, 3.8) is 0 Å². The lowest BCUT2D eigenvalue weighted by atomic mass is 9.82. The molecule has 1 amide bonds. The minimum Gasteiger partial charge on any atom is -0.497 e. The molecular formula is C16H21NO3Si. The number of carbonyl (C=O) groups is 1. The highest BCUT2D eigenvalue weighted by Crippen LogP contribution is 2.37. The quantitative estimate of drug-likeness (QED) is 0.517. The number of nitrogens with zero attached hydrogens (tertiary/aromatic N) is 1. The highest BCUT2D eigenvalue weighted by Gasteiger charge is 2.56. The third-order valence-corrected chi connectivity index (χ3v) is 4.35. The summed E-state index contributed by atoms with van der Waals surface area (Å²) in [5.74, 6) is 3.54. The second-order valence-corrected chi connectivity index (χ2v) is 11.2. The summed E-state index contributed by atoms with van der Waals surface area (Å²) in [4.78, 5) is 13.6. The number of amides is 1. The molecule has 1 N–H and O–H groups in total. The summed E-state index contributed by atoms with van der Waals surface area (Å²) in [6, 6.07) is 7.19. The van der Waals surface area contributed by atoms with Gasteiger partial charge < -0.3 is 9.84 Å². The van der Waals surface area contributed by atoms with Crippen LogP contribution in [0.1, 0.15) is 6.92 Å². The van der Waals surface area contributed by atoms with Crippen LogP contribution in [-0.2, 0) is 4.79 Å². The molecule has 5 heteroatoms. The molecule has 0 spiro atoms. The van der Waals surface area contributed by atoms with Crippen molar-refractivity contribution in [2.75, 3.05) is 12.0 Å². The molecule has 2 atom stereocenters. The van der Waals surface area contributed by atoms with E-state index in [2.05, 4.69) is 31.1 Å². The summed E-state index contributed by atoms with van der Waals surface area (Å²) in [6.45, 7) is 8.20. The lowest BCUT2D eigenvalue weighted by Crippen LogP contribution is -2.73. The number of aliphatic hydroxyl groups excluding tert-OH is 1. The van der Waals surface area contributed by atoms with E-state index in [1.54, 1.807) is 43.2 Å². The Labute approximate surface area is 126 Å². The maximum atomic E-state index is 12.0. The van der Waals surface area contributed by atoms with Crippen LogP contribution >= 0.6 is 0 Å². The van der Waals surface area contributed by atoms with Crippen molar-refractivity contribution in [1.29, 1.82) is 0 Å². The van der Waals surface area contributed by atoms with Gasteiger partial charge in [0.25, 0.3) is 5.91 Å². The molecule has 1 aliphatic rings. The first-order valence-corrected chi connectivity index (χ1v) is 10.4. The van der Waals surface area contributed by atoms with Crippen molar-refractivity contribution in [1.82, 2.24) is 0 Å². The van der Waals surface area contributed by atoms with E-state index in [0.29, 0.717) is 0 Å². The van der Waals surface area contributed by atoms with Crippen LogP contribution in [0.25, 0.3) is 0 Å². The summed E-state index contributed by atoms with van der Waals surface area (Å²) in [6.07, 6.45) is -1.07. The highest BCUT2D eigenvalue weighted by atomic mass is 28.3. The van der Waals surface area contributed by atoms with Crippen molar-refractivity contribution >= 4 is 19.7 Å². The van der Waals surface area contributed by atoms with Crippen molar-refractivity contribution in [2.45, 2.75) is 38.2 Å². The number of ether oxygens (including phenoxy) is 1. The molecule has 1 aromatic carbocycles. The second kappa shape index (κ2) is 5.21. The molecule has 1 aromatic rings. The van der Waals surface area contributed by atoms with E-state index in [1.165, 1.54) is 0 Å². The normalized spacial score (nSPS) is 25.0. The molecule has 4 nitrogen and oxygen atoms in total. The fraction of sp³-hybridized carbons (Fsp3) is 0.438. The van der Waals surface area contributed by atoms with Crippen LogP contribution in [0.2, 0.25) is 19.6 Å². The number of benzene rings is 1. The highest BCUT2D eigenvalue weighted by molar-refractivity contribution is 6.83. The molecule has 0 saturated carbocycles. The third kappa shape index (κ3) is 2.82. The molecular weight excluding hydrogens is 282 g/mol. The first-order valence-electron chi connectivity index (χ1n) is 6.89. The van der Waals surface area contributed by atoms with Gasteiger partial charge in [0.05, 0.1) is 7.11 Å². The average Bonchev–Trinajstić information content (AvgIpc) is 2.44. The van der Waals surface area contributed by atoms with Crippen LogP contribution in [-0.4, -0.2) is 37.8 Å². The fourth-order valence-corrected chi connectivity index (χ4v) is 2.84. The van der Waals surface area contributed by atoms with Crippen LogP contribution in [0, 0.1) is 11.5 Å². The molecule has 1 fully saturated rings. The Morgan fingerprint density at radius 3 is 2.33 bits per heavy atom. The van der Waals surface area contributed by atoms with Crippen LogP contribution in [0.3, 0.4) is 0 Å². The van der Waals surface area contributed by atoms with E-state index in [0.717, 1.165) is 11.4 Å². The molecule has 112 valence electrons. The number of carbonyl (C=O) groups excluding carboxylic acids is 1. The monoisotopic (exact) mass is 303 g/mol. The molecule has 0 radical (unpaired) electrons. The number of rotatable bonds is 2. The van der Waals surface area contributed by atoms with Crippen LogP contribution in [0.5, 0.6) is 5.75 Å². The molecule has 21 heavy (non-hydrogen) atoms. The van der Waals surface area contributed by atoms with Gasteiger partial charge in [-0.15, -0.1) is 5.54 Å². The SMILES string of the molecule is COc1ccc(N2C(=O)[C@H](O)[C@@]2(C)C#C[Si](C)(C)C)cc1. The second-order valence-electron chi connectivity index (χ2n) is 6.42. The first kappa shape index (κ1) is 15.6. The number of methoxy groups -OCH3 is 1. The van der Waals surface area contributed by atoms with Gasteiger partial charge in [-0.05, 0) is 31.2 Å². The van der Waals surface area contributed by atoms with Crippen molar-refractivity contribution in [3.8, 4) is 17.2 Å². The van der Waals surface area contributed by atoms with Gasteiger partial charge in [-0.2, -0.15) is 0 Å². The summed E-state index contributed by atoms with van der Waals surface area (Å²) in [5.41, 5.74) is 3.11. The Morgan fingerprint density at radius 1 is 1.29 bits per heavy atom. The van der Waals surface area contributed by atoms with Gasteiger partial charge in [-0.25, -0.2) is 0 Å². The summed E-state index contributed by atoms with van der Waals surface area (Å²) >= 11 is 0. The zero-order chi connectivity index (χ0) is 15.8. The summed E-state index contributed by atoms with van der Waals surface area (Å²) in [5, 5.41) is 10.1. The van der Waals surface area contributed by atoms with E-state index < -0.39 is 19.7 Å². The van der Waals surface area contributed by atoms with E-state index in [1.807, 2.05) is 0 Å². The Kier molecular flexibility index (Phi) is 3.87. The van der Waals surface area contributed by atoms with Gasteiger partial charge in [0.1, 0.15) is 19.4 Å². The summed E-state index contributed by atoms with van der Waals surface area (Å²) in [7, 11) is 0.0179. The molecule has 0 bridgehead atoms. The molecule has 1 saturated heterocycles. The number of aliphatic hydroxyl groups is 1. The van der Waals surface area contributed by atoms with Gasteiger partial charge >= 0.3 is 0 Å².